The van der Waals surface area contributed by atoms with Crippen LogP contribution in [0.1, 0.15) is 13.8 Å². The number of ether oxygens (including phenoxy) is 1. The third-order valence-corrected chi connectivity index (χ3v) is 1.95. The zero-order valence-electron chi connectivity index (χ0n) is 7.87. The van der Waals surface area contributed by atoms with Crippen molar-refractivity contribution in [2.45, 2.75) is 25.9 Å². The van der Waals surface area contributed by atoms with Gasteiger partial charge in [-0.3, -0.25) is 9.69 Å². The molecule has 68 valence electrons. The van der Waals surface area contributed by atoms with E-state index in [9.17, 15) is 4.79 Å². The van der Waals surface area contributed by atoms with Crippen molar-refractivity contribution in [2.24, 2.45) is 0 Å². The van der Waals surface area contributed by atoms with Crippen LogP contribution in [0, 0.1) is 11.3 Å². The molecule has 0 aromatic heterocycles. The highest BCUT2D eigenvalue weighted by atomic mass is 16.5. The van der Waals surface area contributed by atoms with Crippen molar-refractivity contribution in [1.82, 2.24) is 4.90 Å². The minimum atomic E-state index is -0.371. The second-order valence-corrected chi connectivity index (χ2v) is 2.67. The fourth-order valence-electron chi connectivity index (χ4n) is 0.763. The number of hydrogen-bond acceptors (Lipinski definition) is 4. The zero-order valence-corrected chi connectivity index (χ0v) is 7.87. The van der Waals surface area contributed by atoms with E-state index in [0.29, 0.717) is 0 Å². The van der Waals surface area contributed by atoms with E-state index in [1.807, 2.05) is 6.07 Å². The number of methoxy groups -OCH3 is 1. The van der Waals surface area contributed by atoms with Gasteiger partial charge in [0.2, 0.25) is 0 Å². The summed E-state index contributed by atoms with van der Waals surface area (Å²) in [6.07, 6.45) is 0. The van der Waals surface area contributed by atoms with Gasteiger partial charge < -0.3 is 4.74 Å². The van der Waals surface area contributed by atoms with E-state index in [4.69, 9.17) is 5.26 Å². The first-order chi connectivity index (χ1) is 5.54. The van der Waals surface area contributed by atoms with Gasteiger partial charge in [-0.15, -0.1) is 0 Å². The van der Waals surface area contributed by atoms with E-state index < -0.39 is 0 Å². The average molecular weight is 170 g/mol. The molecule has 2 unspecified atom stereocenters. The Bertz CT molecular complexity index is 198. The fourth-order valence-corrected chi connectivity index (χ4v) is 0.763. The number of rotatable bonds is 3. The highest BCUT2D eigenvalue weighted by molar-refractivity contribution is 5.75. The van der Waals surface area contributed by atoms with Gasteiger partial charge >= 0.3 is 5.97 Å². The lowest BCUT2D eigenvalue weighted by atomic mass is 10.2. The van der Waals surface area contributed by atoms with Crippen LogP contribution in [0.5, 0.6) is 0 Å². The number of carbonyl (C=O) groups excluding carboxylic acids is 1. The molecule has 4 heteroatoms. The van der Waals surface area contributed by atoms with Gasteiger partial charge in [-0.1, -0.05) is 0 Å². The van der Waals surface area contributed by atoms with Crippen molar-refractivity contribution >= 4 is 5.97 Å². The van der Waals surface area contributed by atoms with Gasteiger partial charge in [0.15, 0.2) is 0 Å². The zero-order chi connectivity index (χ0) is 9.72. The van der Waals surface area contributed by atoms with Gasteiger partial charge in [-0.05, 0) is 20.9 Å². The lowest BCUT2D eigenvalue weighted by Gasteiger charge is -2.24. The maximum atomic E-state index is 11.0. The van der Waals surface area contributed by atoms with Crippen molar-refractivity contribution in [2.75, 3.05) is 14.2 Å². The molecule has 0 heterocycles. The molecule has 0 amide bonds. The van der Waals surface area contributed by atoms with E-state index in [1.54, 1.807) is 25.8 Å². The maximum Gasteiger partial charge on any atom is 0.322 e. The quantitative estimate of drug-likeness (QED) is 0.575. The molecule has 12 heavy (non-hydrogen) atoms. The second kappa shape index (κ2) is 4.73. The summed E-state index contributed by atoms with van der Waals surface area (Å²) in [6, 6.07) is 1.39. The van der Waals surface area contributed by atoms with Gasteiger partial charge in [0, 0.05) is 0 Å². The largest absolute Gasteiger partial charge is 0.468 e. The Morgan fingerprint density at radius 1 is 1.58 bits per heavy atom. The molecule has 0 aliphatic heterocycles. The molecular formula is C8H14N2O2. The lowest BCUT2D eigenvalue weighted by Crippen LogP contribution is -2.41. The Hall–Kier alpha value is -1.08. The van der Waals surface area contributed by atoms with E-state index in [0.717, 1.165) is 0 Å². The summed E-state index contributed by atoms with van der Waals surface area (Å²) in [7, 11) is 3.05. The van der Waals surface area contributed by atoms with Crippen LogP contribution in [-0.4, -0.2) is 37.1 Å². The topological polar surface area (TPSA) is 53.3 Å². The first-order valence-electron chi connectivity index (χ1n) is 3.74. The van der Waals surface area contributed by atoms with Crippen molar-refractivity contribution in [1.29, 1.82) is 5.26 Å². The van der Waals surface area contributed by atoms with Crippen molar-refractivity contribution in [3.63, 3.8) is 0 Å². The Labute approximate surface area is 72.7 Å². The molecule has 0 N–H and O–H groups in total. The summed E-state index contributed by atoms with van der Waals surface area (Å²) in [5.41, 5.74) is 0. The predicted octanol–water partition coefficient (Wildman–Crippen LogP) is 0.392. The van der Waals surface area contributed by atoms with Gasteiger partial charge in [0.1, 0.15) is 6.04 Å². The SMILES string of the molecule is COC(=O)C(C)N(C)C(C)C#N. The number of esters is 1. The number of nitrogens with zero attached hydrogens (tertiary/aromatic N) is 2. The molecule has 0 aromatic carbocycles. The highest BCUT2D eigenvalue weighted by Crippen LogP contribution is 2.02. The molecule has 4 nitrogen and oxygen atoms in total. The van der Waals surface area contributed by atoms with Crippen LogP contribution in [-0.2, 0) is 9.53 Å². The fraction of sp³-hybridized carbons (Fsp3) is 0.750. The average Bonchev–Trinajstić information content (AvgIpc) is 2.12. The van der Waals surface area contributed by atoms with E-state index >= 15 is 0 Å². The Balaban J connectivity index is 4.20. The van der Waals surface area contributed by atoms with Gasteiger partial charge in [-0.2, -0.15) is 5.26 Å². The normalized spacial score (nSPS) is 15.0. The van der Waals surface area contributed by atoms with Gasteiger partial charge in [-0.25, -0.2) is 0 Å². The van der Waals surface area contributed by atoms with Crippen LogP contribution >= 0.6 is 0 Å². The minimum Gasteiger partial charge on any atom is -0.468 e. The molecule has 0 aliphatic rings. The van der Waals surface area contributed by atoms with Crippen LogP contribution in [0.15, 0.2) is 0 Å². The molecule has 0 bridgehead atoms. The first-order valence-corrected chi connectivity index (χ1v) is 3.74. The molecule has 0 saturated carbocycles. The molecule has 0 aliphatic carbocycles. The Kier molecular flexibility index (Phi) is 4.30. The van der Waals surface area contributed by atoms with E-state index in [1.165, 1.54) is 7.11 Å². The maximum absolute atomic E-state index is 11.0. The van der Waals surface area contributed by atoms with Gasteiger partial charge in [0.25, 0.3) is 0 Å². The van der Waals surface area contributed by atoms with Crippen molar-refractivity contribution in [3.05, 3.63) is 0 Å². The van der Waals surface area contributed by atoms with Crippen LogP contribution in [0.3, 0.4) is 0 Å². The van der Waals surface area contributed by atoms with Crippen molar-refractivity contribution in [3.8, 4) is 6.07 Å². The number of nitriles is 1. The molecule has 0 rings (SSSR count). The smallest absolute Gasteiger partial charge is 0.322 e. The number of likely N-dealkylation sites (N-methyl/N-ethyl adjacent to an activating group) is 1. The molecule has 2 atom stereocenters. The van der Waals surface area contributed by atoms with Crippen LogP contribution in [0.4, 0.5) is 0 Å². The van der Waals surface area contributed by atoms with Crippen molar-refractivity contribution < 1.29 is 9.53 Å². The summed E-state index contributed by atoms with van der Waals surface area (Å²) in [6.45, 7) is 3.44. The van der Waals surface area contributed by atoms with E-state index in [-0.39, 0.29) is 18.1 Å². The predicted molar refractivity (Wildman–Crippen MR) is 44.3 cm³/mol. The van der Waals surface area contributed by atoms with Crippen LogP contribution < -0.4 is 0 Å². The molecule has 0 spiro atoms. The summed E-state index contributed by atoms with van der Waals surface area (Å²) in [5, 5.41) is 8.56. The van der Waals surface area contributed by atoms with Gasteiger partial charge in [0.05, 0.1) is 19.2 Å². The summed E-state index contributed by atoms with van der Waals surface area (Å²) >= 11 is 0. The Morgan fingerprint density at radius 2 is 2.08 bits per heavy atom. The first kappa shape index (κ1) is 10.9. The summed E-state index contributed by atoms with van der Waals surface area (Å²) in [4.78, 5) is 12.7. The molecule has 0 aromatic rings. The number of hydrogen-bond donors (Lipinski definition) is 0. The van der Waals surface area contributed by atoms with Crippen LogP contribution in [0.25, 0.3) is 0 Å². The van der Waals surface area contributed by atoms with E-state index in [2.05, 4.69) is 4.74 Å². The Morgan fingerprint density at radius 3 is 2.42 bits per heavy atom. The lowest BCUT2D eigenvalue weighted by molar-refractivity contribution is -0.146. The summed E-state index contributed by atoms with van der Waals surface area (Å²) in [5.74, 6) is -0.320. The molecular weight excluding hydrogens is 156 g/mol. The molecule has 0 radical (unpaired) electrons. The third-order valence-electron chi connectivity index (χ3n) is 1.95. The number of carbonyl (C=O) groups is 1. The summed E-state index contributed by atoms with van der Waals surface area (Å²) < 4.78 is 4.54. The standard InChI is InChI=1S/C8H14N2O2/c1-6(5-9)10(3)7(2)8(11)12-4/h6-7H,1-4H3. The monoisotopic (exact) mass is 170 g/mol. The third kappa shape index (κ3) is 2.51. The molecule has 0 fully saturated rings. The highest BCUT2D eigenvalue weighted by Gasteiger charge is 2.22. The second-order valence-electron chi connectivity index (χ2n) is 2.67. The molecule has 0 saturated heterocycles. The minimum absolute atomic E-state index is 0.279. The van der Waals surface area contributed by atoms with Crippen LogP contribution in [0.2, 0.25) is 0 Å².